The topological polar surface area (TPSA) is 91.3 Å². The van der Waals surface area contributed by atoms with Crippen molar-refractivity contribution in [2.45, 2.75) is 12.5 Å². The monoisotopic (exact) mass is 316 g/mol. The third kappa shape index (κ3) is 2.54. The van der Waals surface area contributed by atoms with Crippen molar-refractivity contribution in [3.05, 3.63) is 26.3 Å². The van der Waals surface area contributed by atoms with Gasteiger partial charge < -0.3 is 20.3 Å². The number of hydrogen-bond donors (Lipinski definition) is 2. The molecule has 18 heavy (non-hydrogen) atoms. The average Bonchev–Trinajstić information content (AvgIpc) is 2.69. The number of hydrogen-bond acceptors (Lipinski definition) is 4. The number of aromatic amines is 1. The standard InChI is InChI=1S/C10H13BrN4O3/c1-14-3-2-6(14)5-12-10(16)8-4-7(11)9(13-8)15(17)18/h4,6,13H,2-3,5H2,1H3,(H,12,16). The van der Waals surface area contributed by atoms with Crippen molar-refractivity contribution < 1.29 is 9.72 Å². The minimum atomic E-state index is -0.569. The lowest BCUT2D eigenvalue weighted by atomic mass is 10.1. The highest BCUT2D eigenvalue weighted by Gasteiger charge is 2.26. The third-order valence-corrected chi connectivity index (χ3v) is 3.72. The van der Waals surface area contributed by atoms with Gasteiger partial charge in [0.2, 0.25) is 0 Å². The van der Waals surface area contributed by atoms with Gasteiger partial charge in [0, 0.05) is 18.7 Å². The van der Waals surface area contributed by atoms with E-state index in [2.05, 4.69) is 31.1 Å². The van der Waals surface area contributed by atoms with Gasteiger partial charge in [-0.2, -0.15) is 0 Å². The van der Waals surface area contributed by atoms with Gasteiger partial charge in [-0.05, 0) is 40.9 Å². The summed E-state index contributed by atoms with van der Waals surface area (Å²) in [4.78, 5) is 26.5. The number of H-pyrrole nitrogens is 1. The van der Waals surface area contributed by atoms with E-state index in [4.69, 9.17) is 0 Å². The third-order valence-electron chi connectivity index (χ3n) is 3.11. The number of nitrogens with one attached hydrogen (secondary N) is 2. The normalized spacial score (nSPS) is 19.3. The van der Waals surface area contributed by atoms with Crippen molar-refractivity contribution in [3.63, 3.8) is 0 Å². The second-order valence-electron chi connectivity index (χ2n) is 4.27. The zero-order valence-electron chi connectivity index (χ0n) is 9.77. The van der Waals surface area contributed by atoms with E-state index in [1.54, 1.807) is 0 Å². The molecular weight excluding hydrogens is 304 g/mol. The summed E-state index contributed by atoms with van der Waals surface area (Å²) < 4.78 is 0.276. The zero-order chi connectivity index (χ0) is 13.3. The maximum absolute atomic E-state index is 11.8. The molecule has 2 N–H and O–H groups in total. The number of carbonyl (C=O) groups excluding carboxylic acids is 1. The Morgan fingerprint density at radius 2 is 2.50 bits per heavy atom. The first-order valence-corrected chi connectivity index (χ1v) is 6.29. The number of aromatic nitrogens is 1. The summed E-state index contributed by atoms with van der Waals surface area (Å²) in [6.07, 6.45) is 1.06. The lowest BCUT2D eigenvalue weighted by Crippen LogP contribution is -2.51. The number of likely N-dealkylation sites (N-methyl/N-ethyl adjacent to an activating group) is 1. The molecule has 0 bridgehead atoms. The molecule has 1 atom stereocenters. The SMILES string of the molecule is CN1CCC1CNC(=O)c1cc(Br)c([N+](=O)[O-])[nH]1. The fourth-order valence-corrected chi connectivity index (χ4v) is 2.28. The largest absolute Gasteiger partial charge is 0.358 e. The first-order chi connectivity index (χ1) is 8.49. The summed E-state index contributed by atoms with van der Waals surface area (Å²) in [6.45, 7) is 1.60. The van der Waals surface area contributed by atoms with Crippen LogP contribution in [0, 0.1) is 10.1 Å². The van der Waals surface area contributed by atoms with Gasteiger partial charge in [-0.25, -0.2) is 4.98 Å². The molecule has 1 saturated heterocycles. The quantitative estimate of drug-likeness (QED) is 0.643. The first kappa shape index (κ1) is 13.0. The van der Waals surface area contributed by atoms with E-state index < -0.39 is 4.92 Å². The number of nitro groups is 1. The Labute approximate surface area is 112 Å². The molecule has 2 heterocycles. The van der Waals surface area contributed by atoms with Gasteiger partial charge in [-0.15, -0.1) is 0 Å². The van der Waals surface area contributed by atoms with Crippen LogP contribution in [0.2, 0.25) is 0 Å². The molecule has 98 valence electrons. The van der Waals surface area contributed by atoms with Crippen LogP contribution in [0.1, 0.15) is 16.9 Å². The first-order valence-electron chi connectivity index (χ1n) is 5.50. The van der Waals surface area contributed by atoms with Gasteiger partial charge in [-0.3, -0.25) is 4.79 Å². The highest BCUT2D eigenvalue weighted by molar-refractivity contribution is 9.10. The fraction of sp³-hybridized carbons (Fsp3) is 0.500. The summed E-state index contributed by atoms with van der Waals surface area (Å²) in [5, 5.41) is 13.4. The summed E-state index contributed by atoms with van der Waals surface area (Å²) >= 11 is 3.04. The van der Waals surface area contributed by atoms with Crippen LogP contribution in [0.4, 0.5) is 5.82 Å². The Morgan fingerprint density at radius 3 is 2.94 bits per heavy atom. The summed E-state index contributed by atoms with van der Waals surface area (Å²) in [6, 6.07) is 1.78. The van der Waals surface area contributed by atoms with E-state index in [9.17, 15) is 14.9 Å². The van der Waals surface area contributed by atoms with Crippen LogP contribution in [0.3, 0.4) is 0 Å². The lowest BCUT2D eigenvalue weighted by molar-refractivity contribution is -0.390. The van der Waals surface area contributed by atoms with Crippen LogP contribution in [0.25, 0.3) is 0 Å². The zero-order valence-corrected chi connectivity index (χ0v) is 11.4. The second-order valence-corrected chi connectivity index (χ2v) is 5.12. The van der Waals surface area contributed by atoms with Crippen molar-refractivity contribution >= 4 is 27.7 Å². The molecule has 0 aliphatic carbocycles. The van der Waals surface area contributed by atoms with Crippen molar-refractivity contribution in [2.75, 3.05) is 20.1 Å². The van der Waals surface area contributed by atoms with Crippen molar-refractivity contribution in [1.29, 1.82) is 0 Å². The van der Waals surface area contributed by atoms with E-state index in [-0.39, 0.29) is 21.9 Å². The van der Waals surface area contributed by atoms with Gasteiger partial charge in [0.05, 0.1) is 0 Å². The molecule has 1 aromatic rings. The van der Waals surface area contributed by atoms with Gasteiger partial charge in [0.25, 0.3) is 5.91 Å². The van der Waals surface area contributed by atoms with Crippen LogP contribution in [0.5, 0.6) is 0 Å². The van der Waals surface area contributed by atoms with Crippen molar-refractivity contribution in [1.82, 2.24) is 15.2 Å². The minimum absolute atomic E-state index is 0.190. The van der Waals surface area contributed by atoms with Crippen LogP contribution < -0.4 is 5.32 Å². The number of nitrogens with zero attached hydrogens (tertiary/aromatic N) is 2. The van der Waals surface area contributed by atoms with Gasteiger partial charge in [0.1, 0.15) is 4.47 Å². The number of likely N-dealkylation sites (tertiary alicyclic amines) is 1. The Morgan fingerprint density at radius 1 is 1.78 bits per heavy atom. The van der Waals surface area contributed by atoms with E-state index in [0.29, 0.717) is 12.6 Å². The molecule has 0 aromatic carbocycles. The Kier molecular flexibility index (Phi) is 3.67. The number of halogens is 1. The summed E-state index contributed by atoms with van der Waals surface area (Å²) in [5.41, 5.74) is 0.190. The molecule has 1 unspecified atom stereocenters. The molecule has 1 amide bonds. The maximum Gasteiger partial charge on any atom is 0.335 e. The molecule has 1 fully saturated rings. The van der Waals surface area contributed by atoms with E-state index in [1.165, 1.54) is 6.07 Å². The summed E-state index contributed by atoms with van der Waals surface area (Å²) in [5.74, 6) is -0.537. The Balaban J connectivity index is 1.96. The highest BCUT2D eigenvalue weighted by atomic mass is 79.9. The molecule has 0 spiro atoms. The van der Waals surface area contributed by atoms with Crippen LogP contribution in [0.15, 0.2) is 10.5 Å². The van der Waals surface area contributed by atoms with Crippen LogP contribution in [-0.2, 0) is 0 Å². The minimum Gasteiger partial charge on any atom is -0.358 e. The van der Waals surface area contributed by atoms with Crippen molar-refractivity contribution in [2.24, 2.45) is 0 Å². The molecule has 1 aliphatic rings. The van der Waals surface area contributed by atoms with Crippen LogP contribution in [-0.4, -0.2) is 46.9 Å². The predicted molar refractivity (Wildman–Crippen MR) is 68.5 cm³/mol. The molecule has 1 aliphatic heterocycles. The average molecular weight is 317 g/mol. The highest BCUT2D eigenvalue weighted by Crippen LogP contribution is 2.24. The lowest BCUT2D eigenvalue weighted by Gasteiger charge is -2.37. The molecule has 0 radical (unpaired) electrons. The molecule has 7 nitrogen and oxygen atoms in total. The van der Waals surface area contributed by atoms with Crippen molar-refractivity contribution in [3.8, 4) is 0 Å². The second kappa shape index (κ2) is 5.07. The Bertz CT molecular complexity index is 487. The van der Waals surface area contributed by atoms with Crippen LogP contribution >= 0.6 is 15.9 Å². The molecule has 0 saturated carbocycles. The van der Waals surface area contributed by atoms with E-state index >= 15 is 0 Å². The van der Waals surface area contributed by atoms with E-state index in [0.717, 1.165) is 13.0 Å². The Hall–Kier alpha value is -1.41. The van der Waals surface area contributed by atoms with Gasteiger partial charge in [0.15, 0.2) is 5.69 Å². The molecule has 2 rings (SSSR count). The number of carbonyl (C=O) groups is 1. The van der Waals surface area contributed by atoms with Gasteiger partial charge >= 0.3 is 5.82 Å². The van der Waals surface area contributed by atoms with E-state index in [1.807, 2.05) is 7.05 Å². The number of rotatable bonds is 4. The summed E-state index contributed by atoms with van der Waals surface area (Å²) in [7, 11) is 2.00. The molecule has 1 aromatic heterocycles. The molecular formula is C10H13BrN4O3. The predicted octanol–water partition coefficient (Wildman–Crippen LogP) is 1.12. The number of amides is 1. The fourth-order valence-electron chi connectivity index (χ4n) is 1.81. The smallest absolute Gasteiger partial charge is 0.335 e. The van der Waals surface area contributed by atoms with Gasteiger partial charge in [-0.1, -0.05) is 0 Å². The maximum atomic E-state index is 11.8. The molecule has 8 heteroatoms.